The van der Waals surface area contributed by atoms with Crippen molar-refractivity contribution in [2.45, 2.75) is 56.6 Å². The summed E-state index contributed by atoms with van der Waals surface area (Å²) < 4.78 is 0. The number of rotatable bonds is 3. The van der Waals surface area contributed by atoms with Crippen LogP contribution in [0, 0.1) is 5.92 Å². The van der Waals surface area contributed by atoms with Crippen LogP contribution in [0.25, 0.3) is 0 Å². The summed E-state index contributed by atoms with van der Waals surface area (Å²) in [6, 6.07) is 0.985. The molecule has 17 heavy (non-hydrogen) atoms. The van der Waals surface area contributed by atoms with E-state index < -0.39 is 0 Å². The first-order chi connectivity index (χ1) is 8.19. The minimum absolute atomic E-state index is 0.123. The molecule has 1 aliphatic heterocycles. The lowest BCUT2D eigenvalue weighted by atomic mass is 9.82. The fourth-order valence-corrected chi connectivity index (χ4v) is 3.84. The SMILES string of the molecule is CCC(=O)NC1CCC(C2CSC(N)N2)CC1. The van der Waals surface area contributed by atoms with Crippen LogP contribution in [0.4, 0.5) is 0 Å². The predicted octanol–water partition coefficient (Wildman–Crippen LogP) is 1.02. The average Bonchev–Trinajstić information content (AvgIpc) is 2.77. The Kier molecular flexibility index (Phi) is 4.70. The first-order valence-electron chi connectivity index (χ1n) is 6.61. The summed E-state index contributed by atoms with van der Waals surface area (Å²) >= 11 is 1.81. The Balaban J connectivity index is 1.72. The van der Waals surface area contributed by atoms with Gasteiger partial charge in [0.15, 0.2) is 0 Å². The molecule has 0 radical (unpaired) electrons. The molecule has 2 rings (SSSR count). The molecular formula is C12H23N3OS. The molecule has 2 unspecified atom stereocenters. The Labute approximate surface area is 107 Å². The maximum Gasteiger partial charge on any atom is 0.219 e. The van der Waals surface area contributed by atoms with Crippen LogP contribution in [0.1, 0.15) is 39.0 Å². The molecule has 2 fully saturated rings. The van der Waals surface area contributed by atoms with E-state index in [1.54, 1.807) is 0 Å². The van der Waals surface area contributed by atoms with Crippen LogP contribution in [0.15, 0.2) is 0 Å². The number of hydrogen-bond donors (Lipinski definition) is 3. The normalized spacial score (nSPS) is 38.0. The number of amides is 1. The van der Waals surface area contributed by atoms with Crippen molar-refractivity contribution in [2.75, 3.05) is 5.75 Å². The minimum Gasteiger partial charge on any atom is -0.353 e. The molecule has 0 spiro atoms. The highest BCUT2D eigenvalue weighted by Crippen LogP contribution is 2.31. The number of hydrogen-bond acceptors (Lipinski definition) is 4. The molecule has 0 aromatic carbocycles. The molecule has 2 aliphatic rings. The highest BCUT2D eigenvalue weighted by Gasteiger charge is 2.32. The standard InChI is InChI=1S/C12H23N3OS/c1-2-11(16)14-9-5-3-8(4-6-9)10-7-17-12(13)15-10/h8-10,12,15H,2-7,13H2,1H3,(H,14,16). The summed E-state index contributed by atoms with van der Waals surface area (Å²) in [5.41, 5.74) is 5.96. The van der Waals surface area contributed by atoms with Crippen molar-refractivity contribution in [3.05, 3.63) is 0 Å². The smallest absolute Gasteiger partial charge is 0.219 e. The van der Waals surface area contributed by atoms with E-state index in [9.17, 15) is 4.79 Å². The Bertz CT molecular complexity index is 266. The zero-order valence-electron chi connectivity index (χ0n) is 10.4. The van der Waals surface area contributed by atoms with Crippen molar-refractivity contribution < 1.29 is 4.79 Å². The van der Waals surface area contributed by atoms with Gasteiger partial charge in [-0.05, 0) is 31.6 Å². The number of carbonyl (C=O) groups excluding carboxylic acids is 1. The van der Waals surface area contributed by atoms with Crippen LogP contribution in [-0.4, -0.2) is 29.2 Å². The van der Waals surface area contributed by atoms with E-state index in [0.717, 1.165) is 24.5 Å². The molecule has 1 saturated heterocycles. The molecule has 1 aliphatic carbocycles. The number of carbonyl (C=O) groups is 1. The molecule has 1 saturated carbocycles. The monoisotopic (exact) mass is 257 g/mol. The first kappa shape index (κ1) is 13.2. The van der Waals surface area contributed by atoms with E-state index in [4.69, 9.17) is 5.73 Å². The van der Waals surface area contributed by atoms with Gasteiger partial charge in [-0.3, -0.25) is 10.1 Å². The molecular weight excluding hydrogens is 234 g/mol. The fraction of sp³-hybridized carbons (Fsp3) is 0.917. The topological polar surface area (TPSA) is 67.2 Å². The van der Waals surface area contributed by atoms with E-state index >= 15 is 0 Å². The third-order valence-electron chi connectivity index (χ3n) is 3.86. The molecule has 0 aromatic rings. The van der Waals surface area contributed by atoms with Crippen molar-refractivity contribution >= 4 is 17.7 Å². The quantitative estimate of drug-likeness (QED) is 0.706. The number of thioether (sulfide) groups is 1. The van der Waals surface area contributed by atoms with Gasteiger partial charge in [-0.25, -0.2) is 0 Å². The summed E-state index contributed by atoms with van der Waals surface area (Å²) in [6.45, 7) is 1.90. The van der Waals surface area contributed by atoms with Crippen molar-refractivity contribution in [1.29, 1.82) is 0 Å². The van der Waals surface area contributed by atoms with Crippen molar-refractivity contribution in [1.82, 2.24) is 10.6 Å². The highest BCUT2D eigenvalue weighted by atomic mass is 32.2. The third kappa shape index (κ3) is 3.60. The summed E-state index contributed by atoms with van der Waals surface area (Å²) in [5.74, 6) is 2.06. The van der Waals surface area contributed by atoms with Crippen LogP contribution < -0.4 is 16.4 Å². The van der Waals surface area contributed by atoms with Gasteiger partial charge < -0.3 is 11.1 Å². The van der Waals surface area contributed by atoms with Crippen molar-refractivity contribution in [2.24, 2.45) is 11.7 Å². The van der Waals surface area contributed by atoms with Crippen LogP contribution in [0.2, 0.25) is 0 Å². The zero-order chi connectivity index (χ0) is 12.3. The molecule has 5 heteroatoms. The zero-order valence-corrected chi connectivity index (χ0v) is 11.3. The second-order valence-corrected chi connectivity index (χ2v) is 6.23. The fourth-order valence-electron chi connectivity index (χ4n) is 2.78. The Morgan fingerprint density at radius 1 is 1.41 bits per heavy atom. The maximum absolute atomic E-state index is 11.3. The molecule has 0 aromatic heterocycles. The van der Waals surface area contributed by atoms with Crippen LogP contribution in [-0.2, 0) is 4.79 Å². The lowest BCUT2D eigenvalue weighted by Gasteiger charge is -2.32. The predicted molar refractivity (Wildman–Crippen MR) is 71.5 cm³/mol. The van der Waals surface area contributed by atoms with E-state index in [0.29, 0.717) is 18.5 Å². The van der Waals surface area contributed by atoms with Crippen LogP contribution in [0.3, 0.4) is 0 Å². The molecule has 0 bridgehead atoms. The summed E-state index contributed by atoms with van der Waals surface area (Å²) in [5, 5.41) is 6.54. The molecule has 4 nitrogen and oxygen atoms in total. The summed E-state index contributed by atoms with van der Waals surface area (Å²) in [7, 11) is 0. The van der Waals surface area contributed by atoms with Gasteiger partial charge in [0.05, 0.1) is 0 Å². The van der Waals surface area contributed by atoms with Gasteiger partial charge in [0.2, 0.25) is 5.91 Å². The van der Waals surface area contributed by atoms with Crippen LogP contribution in [0.5, 0.6) is 0 Å². The molecule has 2 atom stereocenters. The Morgan fingerprint density at radius 3 is 2.65 bits per heavy atom. The van der Waals surface area contributed by atoms with E-state index in [1.165, 1.54) is 12.8 Å². The van der Waals surface area contributed by atoms with E-state index in [-0.39, 0.29) is 11.4 Å². The Morgan fingerprint density at radius 2 is 2.12 bits per heavy atom. The summed E-state index contributed by atoms with van der Waals surface area (Å²) in [4.78, 5) is 11.3. The molecule has 98 valence electrons. The minimum atomic E-state index is 0.123. The molecule has 1 heterocycles. The molecule has 1 amide bonds. The van der Waals surface area contributed by atoms with Gasteiger partial charge in [0.25, 0.3) is 0 Å². The van der Waals surface area contributed by atoms with Gasteiger partial charge in [-0.15, -0.1) is 11.8 Å². The first-order valence-corrected chi connectivity index (χ1v) is 7.66. The lowest BCUT2D eigenvalue weighted by Crippen LogP contribution is -2.44. The van der Waals surface area contributed by atoms with Crippen molar-refractivity contribution in [3.63, 3.8) is 0 Å². The van der Waals surface area contributed by atoms with Gasteiger partial charge in [0.1, 0.15) is 5.50 Å². The van der Waals surface area contributed by atoms with E-state index in [2.05, 4.69) is 10.6 Å². The van der Waals surface area contributed by atoms with Crippen molar-refractivity contribution in [3.8, 4) is 0 Å². The number of nitrogens with one attached hydrogen (secondary N) is 2. The van der Waals surface area contributed by atoms with Crippen LogP contribution >= 0.6 is 11.8 Å². The van der Waals surface area contributed by atoms with Gasteiger partial charge in [0, 0.05) is 24.3 Å². The maximum atomic E-state index is 11.3. The highest BCUT2D eigenvalue weighted by molar-refractivity contribution is 8.00. The second kappa shape index (κ2) is 6.07. The van der Waals surface area contributed by atoms with Gasteiger partial charge >= 0.3 is 0 Å². The summed E-state index contributed by atoms with van der Waals surface area (Å²) in [6.07, 6.45) is 5.25. The second-order valence-electron chi connectivity index (χ2n) is 5.06. The Hall–Kier alpha value is -0.260. The average molecular weight is 257 g/mol. The van der Waals surface area contributed by atoms with Gasteiger partial charge in [-0.2, -0.15) is 0 Å². The van der Waals surface area contributed by atoms with E-state index in [1.807, 2.05) is 18.7 Å². The lowest BCUT2D eigenvalue weighted by molar-refractivity contribution is -0.121. The number of nitrogens with two attached hydrogens (primary N) is 1. The third-order valence-corrected chi connectivity index (χ3v) is 4.91. The molecule has 4 N–H and O–H groups in total. The largest absolute Gasteiger partial charge is 0.353 e. The van der Waals surface area contributed by atoms with Gasteiger partial charge in [-0.1, -0.05) is 6.92 Å².